The minimum atomic E-state index is -0.235. The standard InChI is InChI=1S/C24H22N2O3/c1-15-5-4-6-18(11-15)24-26-21-10-8-19(13-22(21)29-24)25-23(27)14-28-20-9-7-16(2)17(3)12-20/h4-13H,14H2,1-3H3,(H,25,27). The molecule has 0 fully saturated rings. The molecule has 0 aliphatic rings. The molecule has 4 aromatic rings. The quantitative estimate of drug-likeness (QED) is 0.496. The monoisotopic (exact) mass is 386 g/mol. The van der Waals surface area contributed by atoms with E-state index in [1.165, 1.54) is 5.56 Å². The molecule has 29 heavy (non-hydrogen) atoms. The Morgan fingerprint density at radius 2 is 1.86 bits per heavy atom. The number of oxazole rings is 1. The molecule has 5 nitrogen and oxygen atoms in total. The van der Waals surface area contributed by atoms with E-state index in [0.717, 1.165) is 22.2 Å². The van der Waals surface area contributed by atoms with Gasteiger partial charge >= 0.3 is 0 Å². The van der Waals surface area contributed by atoms with Crippen molar-refractivity contribution in [3.63, 3.8) is 0 Å². The van der Waals surface area contributed by atoms with Gasteiger partial charge in [0.05, 0.1) is 0 Å². The lowest BCUT2D eigenvalue weighted by Crippen LogP contribution is -2.20. The fourth-order valence-electron chi connectivity index (χ4n) is 3.05. The van der Waals surface area contributed by atoms with Crippen LogP contribution in [0, 0.1) is 20.8 Å². The van der Waals surface area contributed by atoms with E-state index in [-0.39, 0.29) is 12.5 Å². The van der Waals surface area contributed by atoms with E-state index in [2.05, 4.69) is 10.3 Å². The Kier molecular flexibility index (Phi) is 5.04. The van der Waals surface area contributed by atoms with Crippen LogP contribution in [0.4, 0.5) is 5.69 Å². The summed E-state index contributed by atoms with van der Waals surface area (Å²) in [5.41, 5.74) is 6.38. The Bertz CT molecular complexity index is 1190. The number of anilines is 1. The minimum Gasteiger partial charge on any atom is -0.484 e. The smallest absolute Gasteiger partial charge is 0.262 e. The second kappa shape index (κ2) is 7.80. The maximum Gasteiger partial charge on any atom is 0.262 e. The van der Waals surface area contributed by atoms with E-state index in [1.54, 1.807) is 12.1 Å². The number of ether oxygens (including phenoxy) is 1. The first kappa shape index (κ1) is 18.7. The molecule has 0 radical (unpaired) electrons. The highest BCUT2D eigenvalue weighted by atomic mass is 16.5. The Hall–Kier alpha value is -3.60. The minimum absolute atomic E-state index is 0.0640. The van der Waals surface area contributed by atoms with Crippen LogP contribution in [0.15, 0.2) is 65.1 Å². The molecular weight excluding hydrogens is 364 g/mol. The summed E-state index contributed by atoms with van der Waals surface area (Å²) >= 11 is 0. The van der Waals surface area contributed by atoms with Gasteiger partial charge in [0, 0.05) is 17.3 Å². The highest BCUT2D eigenvalue weighted by molar-refractivity contribution is 5.93. The van der Waals surface area contributed by atoms with E-state index >= 15 is 0 Å². The van der Waals surface area contributed by atoms with Crippen molar-refractivity contribution < 1.29 is 13.9 Å². The average molecular weight is 386 g/mol. The van der Waals surface area contributed by atoms with Gasteiger partial charge in [-0.05, 0) is 68.3 Å². The molecule has 5 heteroatoms. The zero-order valence-electron chi connectivity index (χ0n) is 16.7. The summed E-state index contributed by atoms with van der Waals surface area (Å²) in [4.78, 5) is 16.8. The Morgan fingerprint density at radius 3 is 2.66 bits per heavy atom. The summed E-state index contributed by atoms with van der Waals surface area (Å²) in [6.45, 7) is 6.01. The largest absolute Gasteiger partial charge is 0.484 e. The van der Waals surface area contributed by atoms with Crippen molar-refractivity contribution in [2.45, 2.75) is 20.8 Å². The van der Waals surface area contributed by atoms with Crippen molar-refractivity contribution in [3.8, 4) is 17.2 Å². The predicted octanol–water partition coefficient (Wildman–Crippen LogP) is 5.44. The summed E-state index contributed by atoms with van der Waals surface area (Å²) in [6.07, 6.45) is 0. The lowest BCUT2D eigenvalue weighted by Gasteiger charge is -2.09. The lowest BCUT2D eigenvalue weighted by atomic mass is 10.1. The zero-order valence-corrected chi connectivity index (χ0v) is 16.7. The molecule has 146 valence electrons. The van der Waals surface area contributed by atoms with Gasteiger partial charge in [-0.3, -0.25) is 4.79 Å². The first-order valence-corrected chi connectivity index (χ1v) is 9.45. The summed E-state index contributed by atoms with van der Waals surface area (Å²) in [5.74, 6) is 1.00. The molecule has 0 bridgehead atoms. The molecule has 0 saturated carbocycles. The molecule has 1 N–H and O–H groups in total. The van der Waals surface area contributed by atoms with Gasteiger partial charge in [0.25, 0.3) is 5.91 Å². The molecule has 0 aliphatic carbocycles. The highest BCUT2D eigenvalue weighted by Crippen LogP contribution is 2.27. The van der Waals surface area contributed by atoms with Crippen LogP contribution in [0.1, 0.15) is 16.7 Å². The number of rotatable bonds is 5. The third-order valence-corrected chi connectivity index (χ3v) is 4.79. The topological polar surface area (TPSA) is 64.4 Å². The van der Waals surface area contributed by atoms with Crippen molar-refractivity contribution in [3.05, 3.63) is 77.4 Å². The van der Waals surface area contributed by atoms with Gasteiger partial charge in [-0.2, -0.15) is 0 Å². The number of aryl methyl sites for hydroxylation is 3. The zero-order chi connectivity index (χ0) is 20.4. The van der Waals surface area contributed by atoms with E-state index in [9.17, 15) is 4.79 Å². The van der Waals surface area contributed by atoms with Crippen LogP contribution in [-0.4, -0.2) is 17.5 Å². The van der Waals surface area contributed by atoms with Gasteiger partial charge in [0.1, 0.15) is 11.3 Å². The maximum absolute atomic E-state index is 12.3. The number of aromatic nitrogens is 1. The molecule has 1 amide bonds. The Balaban J connectivity index is 1.45. The number of amides is 1. The molecule has 1 aromatic heterocycles. The predicted molar refractivity (Wildman–Crippen MR) is 114 cm³/mol. The van der Waals surface area contributed by atoms with Gasteiger partial charge in [-0.15, -0.1) is 0 Å². The molecule has 1 heterocycles. The maximum atomic E-state index is 12.3. The molecule has 0 unspecified atom stereocenters. The van der Waals surface area contributed by atoms with Crippen LogP contribution in [0.5, 0.6) is 5.75 Å². The van der Waals surface area contributed by atoms with Crippen LogP contribution in [0.2, 0.25) is 0 Å². The van der Waals surface area contributed by atoms with E-state index < -0.39 is 0 Å². The summed E-state index contributed by atoms with van der Waals surface area (Å²) in [7, 11) is 0. The van der Waals surface area contributed by atoms with Gasteiger partial charge < -0.3 is 14.5 Å². The number of benzene rings is 3. The molecule has 0 aliphatic heterocycles. The fourth-order valence-corrected chi connectivity index (χ4v) is 3.05. The molecule has 0 spiro atoms. The van der Waals surface area contributed by atoms with Crippen molar-refractivity contribution in [2.24, 2.45) is 0 Å². The highest BCUT2D eigenvalue weighted by Gasteiger charge is 2.11. The SMILES string of the molecule is Cc1cccc(-c2nc3ccc(NC(=O)COc4ccc(C)c(C)c4)cc3o2)c1. The van der Waals surface area contributed by atoms with Gasteiger partial charge in [0.2, 0.25) is 5.89 Å². The lowest BCUT2D eigenvalue weighted by molar-refractivity contribution is -0.118. The van der Waals surface area contributed by atoms with Crippen LogP contribution < -0.4 is 10.1 Å². The Labute approximate surface area is 169 Å². The summed E-state index contributed by atoms with van der Waals surface area (Å²) in [6, 6.07) is 19.2. The van der Waals surface area contributed by atoms with Crippen molar-refractivity contribution in [1.82, 2.24) is 4.98 Å². The molecule has 0 saturated heterocycles. The van der Waals surface area contributed by atoms with Crippen molar-refractivity contribution >= 4 is 22.7 Å². The number of nitrogens with one attached hydrogen (secondary N) is 1. The number of hydrogen-bond donors (Lipinski definition) is 1. The normalized spacial score (nSPS) is 10.9. The van der Waals surface area contributed by atoms with Gasteiger partial charge in [-0.1, -0.05) is 23.8 Å². The third kappa shape index (κ3) is 4.29. The van der Waals surface area contributed by atoms with E-state index in [0.29, 0.717) is 22.9 Å². The summed E-state index contributed by atoms with van der Waals surface area (Å²) in [5, 5.41) is 2.84. The fraction of sp³-hybridized carbons (Fsp3) is 0.167. The molecular formula is C24H22N2O3. The third-order valence-electron chi connectivity index (χ3n) is 4.79. The number of nitrogens with zero attached hydrogens (tertiary/aromatic N) is 1. The average Bonchev–Trinajstić information content (AvgIpc) is 3.12. The van der Waals surface area contributed by atoms with Crippen LogP contribution in [-0.2, 0) is 4.79 Å². The van der Waals surface area contributed by atoms with Crippen molar-refractivity contribution in [2.75, 3.05) is 11.9 Å². The molecule has 0 atom stereocenters. The van der Waals surface area contributed by atoms with Crippen LogP contribution in [0.25, 0.3) is 22.6 Å². The first-order chi connectivity index (χ1) is 14.0. The van der Waals surface area contributed by atoms with Crippen LogP contribution >= 0.6 is 0 Å². The van der Waals surface area contributed by atoms with Gasteiger partial charge in [0.15, 0.2) is 12.2 Å². The van der Waals surface area contributed by atoms with Gasteiger partial charge in [-0.25, -0.2) is 4.98 Å². The number of carbonyl (C=O) groups excluding carboxylic acids is 1. The second-order valence-electron chi connectivity index (χ2n) is 7.15. The molecule has 3 aromatic carbocycles. The first-order valence-electron chi connectivity index (χ1n) is 9.45. The number of fused-ring (bicyclic) bond motifs is 1. The van der Waals surface area contributed by atoms with Crippen molar-refractivity contribution in [1.29, 1.82) is 0 Å². The van der Waals surface area contributed by atoms with E-state index in [4.69, 9.17) is 9.15 Å². The second-order valence-corrected chi connectivity index (χ2v) is 7.15. The number of carbonyl (C=O) groups is 1. The number of hydrogen-bond acceptors (Lipinski definition) is 4. The summed E-state index contributed by atoms with van der Waals surface area (Å²) < 4.78 is 11.5. The molecule has 4 rings (SSSR count). The van der Waals surface area contributed by atoms with Crippen LogP contribution in [0.3, 0.4) is 0 Å². The van der Waals surface area contributed by atoms with E-state index in [1.807, 2.05) is 69.3 Å². The Morgan fingerprint density at radius 1 is 1.00 bits per heavy atom.